The van der Waals surface area contributed by atoms with Crippen molar-refractivity contribution in [2.75, 3.05) is 11.9 Å². The lowest BCUT2D eigenvalue weighted by Gasteiger charge is -2.11. The van der Waals surface area contributed by atoms with Crippen LogP contribution in [-0.2, 0) is 17.8 Å². The van der Waals surface area contributed by atoms with Crippen LogP contribution in [-0.4, -0.2) is 27.4 Å². The average molecular weight is 361 g/mol. The molecule has 0 radical (unpaired) electrons. The molecule has 2 aromatic heterocycles. The number of amides is 1. The molecule has 0 aliphatic rings. The summed E-state index contributed by atoms with van der Waals surface area (Å²) in [6, 6.07) is 10.3. The van der Waals surface area contributed by atoms with Crippen molar-refractivity contribution in [1.82, 2.24) is 20.3 Å². The van der Waals surface area contributed by atoms with Gasteiger partial charge in [-0.25, -0.2) is 9.97 Å². The molecule has 0 unspecified atom stereocenters. The first-order chi connectivity index (χ1) is 13.2. The quantitative estimate of drug-likeness (QED) is 0.676. The summed E-state index contributed by atoms with van der Waals surface area (Å²) in [5, 5.41) is 6.03. The molecule has 0 aliphatic heterocycles. The molecule has 0 atom stereocenters. The van der Waals surface area contributed by atoms with E-state index in [0.29, 0.717) is 6.54 Å². The van der Waals surface area contributed by atoms with E-state index in [1.54, 1.807) is 12.4 Å². The molecule has 3 rings (SSSR count). The number of carbonyl (C=O) groups excluding carboxylic acids is 1. The molecule has 1 amide bonds. The third kappa shape index (κ3) is 5.18. The van der Waals surface area contributed by atoms with E-state index >= 15 is 0 Å². The number of pyridine rings is 1. The van der Waals surface area contributed by atoms with Crippen LogP contribution in [0.15, 0.2) is 55.2 Å². The van der Waals surface area contributed by atoms with Gasteiger partial charge in [-0.3, -0.25) is 9.78 Å². The molecule has 27 heavy (non-hydrogen) atoms. The molecular formula is C21H23N5O. The van der Waals surface area contributed by atoms with Crippen molar-refractivity contribution in [2.45, 2.75) is 26.8 Å². The lowest BCUT2D eigenvalue weighted by molar-refractivity contribution is -0.115. The first-order valence-electron chi connectivity index (χ1n) is 8.96. The van der Waals surface area contributed by atoms with Gasteiger partial charge in [0.25, 0.3) is 0 Å². The minimum Gasteiger partial charge on any atom is -0.323 e. The first kappa shape index (κ1) is 18.7. The van der Waals surface area contributed by atoms with E-state index in [-0.39, 0.29) is 12.5 Å². The Morgan fingerprint density at radius 1 is 1.04 bits per heavy atom. The summed E-state index contributed by atoms with van der Waals surface area (Å²) in [6.07, 6.45) is 7.75. The van der Waals surface area contributed by atoms with Gasteiger partial charge in [0.2, 0.25) is 5.91 Å². The molecule has 138 valence electrons. The highest BCUT2D eigenvalue weighted by atomic mass is 16.1. The van der Waals surface area contributed by atoms with Crippen LogP contribution in [0, 0.1) is 6.92 Å². The lowest BCUT2D eigenvalue weighted by Crippen LogP contribution is -2.28. The minimum absolute atomic E-state index is 0.115. The van der Waals surface area contributed by atoms with Gasteiger partial charge in [0.1, 0.15) is 6.33 Å². The number of hydrogen-bond donors (Lipinski definition) is 2. The predicted molar refractivity (Wildman–Crippen MR) is 106 cm³/mol. The molecule has 1 aromatic carbocycles. The number of hydrogen-bond acceptors (Lipinski definition) is 5. The summed E-state index contributed by atoms with van der Waals surface area (Å²) < 4.78 is 0. The molecule has 2 N–H and O–H groups in total. The van der Waals surface area contributed by atoms with Crippen molar-refractivity contribution in [3.63, 3.8) is 0 Å². The van der Waals surface area contributed by atoms with Gasteiger partial charge in [0.15, 0.2) is 0 Å². The zero-order valence-electron chi connectivity index (χ0n) is 15.6. The van der Waals surface area contributed by atoms with Crippen LogP contribution < -0.4 is 10.6 Å². The molecule has 0 saturated heterocycles. The Morgan fingerprint density at radius 3 is 2.63 bits per heavy atom. The number of benzene rings is 1. The topological polar surface area (TPSA) is 79.8 Å². The second kappa shape index (κ2) is 9.00. The van der Waals surface area contributed by atoms with E-state index < -0.39 is 0 Å². The Kier molecular flexibility index (Phi) is 6.22. The van der Waals surface area contributed by atoms with Crippen LogP contribution >= 0.6 is 0 Å². The van der Waals surface area contributed by atoms with Gasteiger partial charge in [-0.05, 0) is 30.5 Å². The Hall–Kier alpha value is -3.12. The highest BCUT2D eigenvalue weighted by Crippen LogP contribution is 2.24. The maximum atomic E-state index is 12.3. The highest BCUT2D eigenvalue weighted by molar-refractivity contribution is 5.93. The normalized spacial score (nSPS) is 10.6. The van der Waals surface area contributed by atoms with Crippen LogP contribution in [0.5, 0.6) is 0 Å². The maximum absolute atomic E-state index is 12.3. The van der Waals surface area contributed by atoms with Crippen LogP contribution in [0.25, 0.3) is 11.1 Å². The predicted octanol–water partition coefficient (Wildman–Crippen LogP) is 3.14. The van der Waals surface area contributed by atoms with Gasteiger partial charge >= 0.3 is 0 Å². The second-order valence-corrected chi connectivity index (χ2v) is 6.31. The summed E-state index contributed by atoms with van der Waals surface area (Å²) in [5.74, 6) is -0.115. The van der Waals surface area contributed by atoms with Gasteiger partial charge < -0.3 is 10.6 Å². The van der Waals surface area contributed by atoms with Crippen LogP contribution in [0.1, 0.15) is 23.7 Å². The number of aryl methyl sites for hydroxylation is 2. The molecule has 0 aliphatic carbocycles. The molecule has 6 nitrogen and oxygen atoms in total. The molecule has 2 heterocycles. The zero-order valence-corrected chi connectivity index (χ0v) is 15.6. The van der Waals surface area contributed by atoms with E-state index in [1.165, 1.54) is 11.9 Å². The Balaban J connectivity index is 1.64. The molecule has 0 fully saturated rings. The summed E-state index contributed by atoms with van der Waals surface area (Å²) in [5.41, 5.74) is 5.80. The minimum atomic E-state index is -0.115. The van der Waals surface area contributed by atoms with Crippen LogP contribution in [0.3, 0.4) is 0 Å². The van der Waals surface area contributed by atoms with Gasteiger partial charge in [-0.15, -0.1) is 0 Å². The summed E-state index contributed by atoms with van der Waals surface area (Å²) in [4.78, 5) is 24.6. The van der Waals surface area contributed by atoms with Gasteiger partial charge in [0.05, 0.1) is 17.9 Å². The van der Waals surface area contributed by atoms with Gasteiger partial charge in [-0.2, -0.15) is 0 Å². The fourth-order valence-electron chi connectivity index (χ4n) is 2.72. The van der Waals surface area contributed by atoms with Crippen molar-refractivity contribution in [1.29, 1.82) is 0 Å². The van der Waals surface area contributed by atoms with Crippen molar-refractivity contribution in [2.24, 2.45) is 0 Å². The zero-order chi connectivity index (χ0) is 19.1. The van der Waals surface area contributed by atoms with E-state index in [4.69, 9.17) is 0 Å². The molecule has 3 aromatic rings. The number of carbonyl (C=O) groups is 1. The second-order valence-electron chi connectivity index (χ2n) is 6.31. The summed E-state index contributed by atoms with van der Waals surface area (Å²) in [7, 11) is 0. The highest BCUT2D eigenvalue weighted by Gasteiger charge is 2.08. The van der Waals surface area contributed by atoms with Gasteiger partial charge in [-0.1, -0.05) is 31.2 Å². The van der Waals surface area contributed by atoms with Gasteiger partial charge in [0, 0.05) is 36.3 Å². The summed E-state index contributed by atoms with van der Waals surface area (Å²) >= 11 is 0. The Bertz CT molecular complexity index is 911. The Morgan fingerprint density at radius 2 is 1.85 bits per heavy atom. The van der Waals surface area contributed by atoms with Crippen LogP contribution in [0.4, 0.5) is 5.69 Å². The molecule has 0 spiro atoms. The SMILES string of the molecule is CCc1cccc(-c2cnc(C)c(NC(=O)CNCc3cncnc3)c2)c1. The average Bonchev–Trinajstić information content (AvgIpc) is 2.70. The number of aromatic nitrogens is 3. The van der Waals surface area contributed by atoms with Crippen LogP contribution in [0.2, 0.25) is 0 Å². The number of rotatable bonds is 7. The number of nitrogens with one attached hydrogen (secondary N) is 2. The first-order valence-corrected chi connectivity index (χ1v) is 8.96. The maximum Gasteiger partial charge on any atom is 0.238 e. The van der Waals surface area contributed by atoms with E-state index in [2.05, 4.69) is 50.7 Å². The van der Waals surface area contributed by atoms with Crippen molar-refractivity contribution >= 4 is 11.6 Å². The molecule has 0 saturated carbocycles. The molecule has 0 bridgehead atoms. The van der Waals surface area contributed by atoms with Crippen molar-refractivity contribution in [3.8, 4) is 11.1 Å². The number of anilines is 1. The van der Waals surface area contributed by atoms with E-state index in [1.807, 2.05) is 25.3 Å². The van der Waals surface area contributed by atoms with Crippen molar-refractivity contribution in [3.05, 3.63) is 72.1 Å². The fourth-order valence-corrected chi connectivity index (χ4v) is 2.72. The fraction of sp³-hybridized carbons (Fsp3) is 0.238. The number of nitrogens with zero attached hydrogens (tertiary/aromatic N) is 3. The lowest BCUT2D eigenvalue weighted by atomic mass is 10.0. The smallest absolute Gasteiger partial charge is 0.238 e. The van der Waals surface area contributed by atoms with E-state index in [0.717, 1.165) is 34.5 Å². The standard InChI is InChI=1S/C21H23N5O/c1-3-16-5-4-6-18(7-16)19-8-20(15(2)25-12-19)26-21(27)13-22-9-17-10-23-14-24-11-17/h4-8,10-12,14,22H,3,9,13H2,1-2H3,(H,26,27). The third-order valence-electron chi connectivity index (χ3n) is 4.26. The summed E-state index contributed by atoms with van der Waals surface area (Å²) in [6.45, 7) is 4.75. The third-order valence-corrected chi connectivity index (χ3v) is 4.26. The monoisotopic (exact) mass is 361 g/mol. The molecule has 6 heteroatoms. The van der Waals surface area contributed by atoms with Crippen molar-refractivity contribution < 1.29 is 4.79 Å². The largest absolute Gasteiger partial charge is 0.323 e. The molecular weight excluding hydrogens is 338 g/mol. The van der Waals surface area contributed by atoms with E-state index in [9.17, 15) is 4.79 Å². The Labute approximate surface area is 159 Å².